The second-order valence-corrected chi connectivity index (χ2v) is 6.08. The molecule has 1 aliphatic rings. The van der Waals surface area contributed by atoms with Crippen LogP contribution in [-0.2, 0) is 6.42 Å². The molecule has 0 saturated heterocycles. The molecule has 1 unspecified atom stereocenters. The summed E-state index contributed by atoms with van der Waals surface area (Å²) in [5.74, 6) is -0.331. The average Bonchev–Trinajstić information content (AvgIpc) is 2.33. The molecule has 0 heterocycles. The molecule has 0 bridgehead atoms. The zero-order valence-corrected chi connectivity index (χ0v) is 11.5. The van der Waals surface area contributed by atoms with E-state index in [9.17, 15) is 9.50 Å². The molecule has 1 atom stereocenters. The first kappa shape index (κ1) is 13.8. The second-order valence-electron chi connectivity index (χ2n) is 5.67. The molecule has 0 aromatic heterocycles. The summed E-state index contributed by atoms with van der Waals surface area (Å²) >= 11 is 6.01. The van der Waals surface area contributed by atoms with Crippen molar-refractivity contribution < 1.29 is 9.50 Å². The maximum atomic E-state index is 13.0. The van der Waals surface area contributed by atoms with E-state index < -0.39 is 6.10 Å². The lowest BCUT2D eigenvalue weighted by Gasteiger charge is -2.38. The van der Waals surface area contributed by atoms with Crippen LogP contribution in [0.3, 0.4) is 0 Å². The smallest absolute Gasteiger partial charge is 0.124 e. The molecule has 1 saturated carbocycles. The van der Waals surface area contributed by atoms with Crippen LogP contribution in [-0.4, -0.2) is 11.2 Å². The minimum absolute atomic E-state index is 0.0179. The molecule has 2 rings (SSSR count). The topological polar surface area (TPSA) is 20.2 Å². The van der Waals surface area contributed by atoms with Crippen molar-refractivity contribution in [1.29, 1.82) is 0 Å². The normalized spacial score (nSPS) is 20.7. The standard InChI is InChI=1S/C15H20ClFO/c1-15(7-3-2-4-8-15)14(18)9-11-5-6-12(17)10-13(11)16/h5-6,10,14,18H,2-4,7-9H2,1H3. The number of hydrogen-bond acceptors (Lipinski definition) is 1. The van der Waals surface area contributed by atoms with Crippen LogP contribution in [0.25, 0.3) is 0 Å². The first-order valence-electron chi connectivity index (χ1n) is 6.63. The minimum Gasteiger partial charge on any atom is -0.392 e. The van der Waals surface area contributed by atoms with Crippen molar-refractivity contribution in [1.82, 2.24) is 0 Å². The van der Waals surface area contributed by atoms with E-state index in [1.54, 1.807) is 6.07 Å². The maximum absolute atomic E-state index is 13.0. The largest absolute Gasteiger partial charge is 0.392 e. The highest BCUT2D eigenvalue weighted by atomic mass is 35.5. The van der Waals surface area contributed by atoms with Crippen molar-refractivity contribution in [3.8, 4) is 0 Å². The van der Waals surface area contributed by atoms with Crippen molar-refractivity contribution in [3.63, 3.8) is 0 Å². The van der Waals surface area contributed by atoms with Crippen molar-refractivity contribution in [2.24, 2.45) is 5.41 Å². The quantitative estimate of drug-likeness (QED) is 0.866. The maximum Gasteiger partial charge on any atom is 0.124 e. The van der Waals surface area contributed by atoms with Gasteiger partial charge in [-0.25, -0.2) is 4.39 Å². The molecule has 1 aromatic rings. The van der Waals surface area contributed by atoms with Crippen LogP contribution in [0.1, 0.15) is 44.6 Å². The summed E-state index contributed by atoms with van der Waals surface area (Å²) in [4.78, 5) is 0. The van der Waals surface area contributed by atoms with Gasteiger partial charge in [0.05, 0.1) is 6.10 Å². The number of halogens is 2. The second kappa shape index (κ2) is 5.58. The Kier molecular flexibility index (Phi) is 4.29. The van der Waals surface area contributed by atoms with E-state index in [2.05, 4.69) is 6.92 Å². The van der Waals surface area contributed by atoms with Gasteiger partial charge in [-0.2, -0.15) is 0 Å². The van der Waals surface area contributed by atoms with Crippen molar-refractivity contribution in [2.75, 3.05) is 0 Å². The highest BCUT2D eigenvalue weighted by molar-refractivity contribution is 6.31. The van der Waals surface area contributed by atoms with Gasteiger partial charge in [0.2, 0.25) is 0 Å². The third-order valence-corrected chi connectivity index (χ3v) is 4.58. The van der Waals surface area contributed by atoms with Crippen molar-refractivity contribution in [3.05, 3.63) is 34.6 Å². The van der Waals surface area contributed by atoms with Crippen LogP contribution in [0.2, 0.25) is 5.02 Å². The molecule has 1 fully saturated rings. The Morgan fingerprint density at radius 2 is 2.00 bits per heavy atom. The van der Waals surface area contributed by atoms with E-state index in [1.165, 1.54) is 31.4 Å². The van der Waals surface area contributed by atoms with E-state index in [0.717, 1.165) is 18.4 Å². The van der Waals surface area contributed by atoms with E-state index in [0.29, 0.717) is 11.4 Å². The molecule has 0 amide bonds. The monoisotopic (exact) mass is 270 g/mol. The minimum atomic E-state index is -0.402. The molecule has 1 aliphatic carbocycles. The van der Waals surface area contributed by atoms with Gasteiger partial charge in [-0.05, 0) is 36.0 Å². The van der Waals surface area contributed by atoms with Crippen LogP contribution in [0, 0.1) is 11.2 Å². The fraction of sp³-hybridized carbons (Fsp3) is 0.600. The van der Waals surface area contributed by atoms with Gasteiger partial charge in [0.1, 0.15) is 5.82 Å². The van der Waals surface area contributed by atoms with Crippen LogP contribution in [0.4, 0.5) is 4.39 Å². The third kappa shape index (κ3) is 3.04. The van der Waals surface area contributed by atoms with Gasteiger partial charge in [-0.1, -0.05) is 43.9 Å². The molecule has 1 nitrogen and oxygen atoms in total. The number of benzene rings is 1. The number of hydrogen-bond donors (Lipinski definition) is 1. The molecule has 18 heavy (non-hydrogen) atoms. The van der Waals surface area contributed by atoms with Gasteiger partial charge in [0, 0.05) is 11.4 Å². The Bertz CT molecular complexity index is 413. The lowest BCUT2D eigenvalue weighted by Crippen LogP contribution is -2.35. The zero-order chi connectivity index (χ0) is 13.2. The predicted octanol–water partition coefficient (Wildman–Crippen LogP) is 4.35. The highest BCUT2D eigenvalue weighted by Crippen LogP contribution is 2.40. The number of aliphatic hydroxyl groups is 1. The first-order valence-corrected chi connectivity index (χ1v) is 7.01. The van der Waals surface area contributed by atoms with Crippen LogP contribution < -0.4 is 0 Å². The zero-order valence-electron chi connectivity index (χ0n) is 10.8. The highest BCUT2D eigenvalue weighted by Gasteiger charge is 2.34. The predicted molar refractivity (Wildman–Crippen MR) is 72.3 cm³/mol. The van der Waals surface area contributed by atoms with E-state index in [4.69, 9.17) is 11.6 Å². The number of rotatable bonds is 3. The molecule has 0 aliphatic heterocycles. The summed E-state index contributed by atoms with van der Waals surface area (Å²) in [5.41, 5.74) is 0.813. The average molecular weight is 271 g/mol. The molecular formula is C15H20ClFO. The van der Waals surface area contributed by atoms with Gasteiger partial charge < -0.3 is 5.11 Å². The SMILES string of the molecule is CC1(C(O)Cc2ccc(F)cc2Cl)CCCCC1. The Morgan fingerprint density at radius 3 is 2.61 bits per heavy atom. The van der Waals surface area contributed by atoms with Gasteiger partial charge in [0.25, 0.3) is 0 Å². The first-order chi connectivity index (χ1) is 8.51. The van der Waals surface area contributed by atoms with E-state index in [-0.39, 0.29) is 11.2 Å². The Hall–Kier alpha value is -0.600. The van der Waals surface area contributed by atoms with Crippen LogP contribution in [0.15, 0.2) is 18.2 Å². The summed E-state index contributed by atoms with van der Waals surface area (Å²) in [6, 6.07) is 4.39. The lowest BCUT2D eigenvalue weighted by molar-refractivity contribution is 0.0104. The van der Waals surface area contributed by atoms with Crippen LogP contribution >= 0.6 is 11.6 Å². The van der Waals surface area contributed by atoms with Crippen LogP contribution in [0.5, 0.6) is 0 Å². The molecule has 0 radical (unpaired) electrons. The summed E-state index contributed by atoms with van der Waals surface area (Å²) < 4.78 is 13.0. The Morgan fingerprint density at radius 1 is 1.33 bits per heavy atom. The molecule has 1 aromatic carbocycles. The molecule has 1 N–H and O–H groups in total. The van der Waals surface area contributed by atoms with Crippen molar-refractivity contribution >= 4 is 11.6 Å². The molecule has 100 valence electrons. The summed E-state index contributed by atoms with van der Waals surface area (Å²) in [6.07, 6.45) is 5.87. The van der Waals surface area contributed by atoms with E-state index >= 15 is 0 Å². The van der Waals surface area contributed by atoms with Gasteiger partial charge in [-0.15, -0.1) is 0 Å². The summed E-state index contributed by atoms with van der Waals surface area (Å²) in [6.45, 7) is 2.15. The molecular weight excluding hydrogens is 251 g/mol. The number of aliphatic hydroxyl groups excluding tert-OH is 1. The summed E-state index contributed by atoms with van der Waals surface area (Å²) in [5, 5.41) is 10.8. The Balaban J connectivity index is 2.08. The Labute approximate surface area is 113 Å². The van der Waals surface area contributed by atoms with Gasteiger partial charge >= 0.3 is 0 Å². The van der Waals surface area contributed by atoms with Gasteiger partial charge in [-0.3, -0.25) is 0 Å². The van der Waals surface area contributed by atoms with Gasteiger partial charge in [0.15, 0.2) is 0 Å². The van der Waals surface area contributed by atoms with E-state index in [1.807, 2.05) is 0 Å². The third-order valence-electron chi connectivity index (χ3n) is 4.23. The fourth-order valence-corrected chi connectivity index (χ4v) is 3.08. The fourth-order valence-electron chi connectivity index (χ4n) is 2.83. The molecule has 3 heteroatoms. The summed E-state index contributed by atoms with van der Waals surface area (Å²) in [7, 11) is 0. The molecule has 0 spiro atoms. The lowest BCUT2D eigenvalue weighted by atomic mass is 9.70. The van der Waals surface area contributed by atoms with Crippen molar-refractivity contribution in [2.45, 2.75) is 51.6 Å².